The van der Waals surface area contributed by atoms with Gasteiger partial charge in [0, 0.05) is 0 Å². The third-order valence-electron chi connectivity index (χ3n) is 0. The van der Waals surface area contributed by atoms with E-state index in [1.54, 1.807) is 0 Å². The Morgan fingerprint density at radius 1 is 1.29 bits per heavy atom. The molecule has 0 radical (unpaired) electrons. The molecule has 0 bridgehead atoms. The van der Waals surface area contributed by atoms with Crippen LogP contribution in [-0.2, 0) is 0 Å². The molecule has 3 nitrogen and oxygen atoms in total. The molecule has 0 rings (SSSR count). The third kappa shape index (κ3) is 93.5. The van der Waals surface area contributed by atoms with Gasteiger partial charge < -0.3 is 13.1 Å². The van der Waals surface area contributed by atoms with Crippen molar-refractivity contribution in [3.63, 3.8) is 0 Å². The average Bonchev–Trinajstić information content (AvgIpc) is 0.811. The molecule has 0 aromatic heterocycles. The van der Waals surface area contributed by atoms with E-state index in [0.717, 1.165) is 0 Å². The first kappa shape index (κ1) is 23.5. The Morgan fingerprint density at radius 2 is 1.29 bits per heavy atom. The second-order valence-electron chi connectivity index (χ2n) is 0.283. The summed E-state index contributed by atoms with van der Waals surface area (Å²) in [5.74, 6) is 0. The van der Waals surface area contributed by atoms with Crippen LogP contribution < -0.4 is 0 Å². The summed E-state index contributed by atoms with van der Waals surface area (Å²) < 4.78 is 0. The van der Waals surface area contributed by atoms with Crippen molar-refractivity contribution >= 4 is 78.6 Å². The van der Waals surface area contributed by atoms with Gasteiger partial charge in [-0.2, -0.15) is 0 Å². The molecule has 2 N–H and O–H groups in total. The van der Waals surface area contributed by atoms with Crippen molar-refractivity contribution in [2.45, 2.75) is 0 Å². The van der Waals surface area contributed by atoms with Gasteiger partial charge in [0.2, 0.25) is 0 Å². The maximum Gasteiger partial charge on any atom is 2.00 e. The monoisotopic (exact) mass is 164 g/mol. The minimum absolute atomic E-state index is 0. The van der Waals surface area contributed by atoms with Crippen molar-refractivity contribution in [3.8, 4) is 0 Å². The van der Waals surface area contributed by atoms with E-state index in [1.807, 2.05) is 0 Å². The summed E-state index contributed by atoms with van der Waals surface area (Å²) in [6, 6.07) is 0. The summed E-state index contributed by atoms with van der Waals surface area (Å²) in [6.45, 7) is 0. The Hall–Kier alpha value is 1.59. The van der Waals surface area contributed by atoms with Gasteiger partial charge in [0.25, 0.3) is 0 Å². The SMILES string of the molecule is O=C(O)O.[AlH3].[AlH3].[Ca+2].[H-].[H-]. The Bertz CT molecular complexity index is 42.8. The molecule has 0 aromatic rings. The molecule has 0 spiro atoms. The predicted octanol–water partition coefficient (Wildman–Crippen LogP) is -2.30. The van der Waals surface area contributed by atoms with Crippen LogP contribution in [0.15, 0.2) is 0 Å². The summed E-state index contributed by atoms with van der Waals surface area (Å²) in [4.78, 5) is 8.56. The van der Waals surface area contributed by atoms with E-state index < -0.39 is 6.16 Å². The zero-order chi connectivity index (χ0) is 3.58. The molecule has 0 aromatic carbocycles. The first-order valence-corrected chi connectivity index (χ1v) is 0.651. The van der Waals surface area contributed by atoms with Crippen molar-refractivity contribution in [2.75, 3.05) is 0 Å². The maximum absolute atomic E-state index is 8.56. The van der Waals surface area contributed by atoms with Gasteiger partial charge in [0.15, 0.2) is 34.7 Å². The number of hydrogen-bond acceptors (Lipinski definition) is 1. The maximum atomic E-state index is 8.56. The van der Waals surface area contributed by atoms with Gasteiger partial charge in [-0.05, 0) is 0 Å². The molecule has 0 unspecified atom stereocenters. The average molecular weight is 164 g/mol. The molecule has 0 fully saturated rings. The van der Waals surface area contributed by atoms with Crippen LogP contribution in [0.2, 0.25) is 0 Å². The van der Waals surface area contributed by atoms with Crippen LogP contribution in [0.3, 0.4) is 0 Å². The van der Waals surface area contributed by atoms with E-state index in [0.29, 0.717) is 0 Å². The van der Waals surface area contributed by atoms with Crippen LogP contribution in [-0.4, -0.2) is 88.8 Å². The number of rotatable bonds is 0. The molecule has 0 saturated carbocycles. The van der Waals surface area contributed by atoms with Gasteiger partial charge in [-0.3, -0.25) is 0 Å². The molecule has 0 heterocycles. The molecule has 6 heteroatoms. The van der Waals surface area contributed by atoms with Gasteiger partial charge >= 0.3 is 43.9 Å². The van der Waals surface area contributed by atoms with Crippen molar-refractivity contribution in [3.05, 3.63) is 0 Å². The van der Waals surface area contributed by atoms with E-state index in [4.69, 9.17) is 15.0 Å². The summed E-state index contributed by atoms with van der Waals surface area (Å²) in [5.41, 5.74) is 0. The standard InChI is InChI=1S/CH2O3.2Al.Ca.8H/c2-1(3)4;;;;;;;;;;;/h(H2,2,3,4);;;;;;;;;;;/q;;;+2;;;;;;;2*-1. The van der Waals surface area contributed by atoms with Gasteiger partial charge in [0.1, 0.15) is 0 Å². The molecular formula is CH10Al2CaO3. The summed E-state index contributed by atoms with van der Waals surface area (Å²) >= 11 is 0. The summed E-state index contributed by atoms with van der Waals surface area (Å²) in [7, 11) is 0. The van der Waals surface area contributed by atoms with Crippen LogP contribution in [0.25, 0.3) is 0 Å². The fourth-order valence-electron chi connectivity index (χ4n) is 0. The van der Waals surface area contributed by atoms with Crippen LogP contribution in [0, 0.1) is 0 Å². The quantitative estimate of drug-likeness (QED) is 0.396. The van der Waals surface area contributed by atoms with Crippen molar-refractivity contribution < 1.29 is 17.9 Å². The zero-order valence-electron chi connectivity index (χ0n) is 4.51. The summed E-state index contributed by atoms with van der Waals surface area (Å²) in [5, 5.41) is 13.9. The zero-order valence-corrected chi connectivity index (χ0v) is 4.72. The smallest absolute Gasteiger partial charge is 1.00 e. The van der Waals surface area contributed by atoms with E-state index in [-0.39, 0.29) is 75.3 Å². The molecule has 0 saturated heterocycles. The molecule has 0 atom stereocenters. The first-order chi connectivity index (χ1) is 1.73. The molecule has 0 aliphatic carbocycles. The van der Waals surface area contributed by atoms with Gasteiger partial charge in [-0.1, -0.05) is 0 Å². The number of hydrogen-bond donors (Lipinski definition) is 2. The van der Waals surface area contributed by atoms with Crippen molar-refractivity contribution in [1.29, 1.82) is 0 Å². The van der Waals surface area contributed by atoms with Crippen molar-refractivity contribution in [1.82, 2.24) is 0 Å². The minimum Gasteiger partial charge on any atom is -1.00 e. The van der Waals surface area contributed by atoms with Gasteiger partial charge in [-0.25, -0.2) is 4.79 Å². The second kappa shape index (κ2) is 15.6. The molecule has 0 amide bonds. The van der Waals surface area contributed by atoms with Gasteiger partial charge in [0.05, 0.1) is 0 Å². The number of carboxylic acid groups (broad SMARTS) is 2. The largest absolute Gasteiger partial charge is 2.00 e. The molecule has 7 heavy (non-hydrogen) atoms. The second-order valence-corrected chi connectivity index (χ2v) is 0.283. The predicted molar refractivity (Wildman–Crippen MR) is 38.5 cm³/mol. The Balaban J connectivity index is -0.00000000450. The fourth-order valence-corrected chi connectivity index (χ4v) is 0. The molecule has 0 aliphatic heterocycles. The van der Waals surface area contributed by atoms with E-state index in [9.17, 15) is 0 Å². The number of carbonyl (C=O) groups is 1. The topological polar surface area (TPSA) is 57.5 Å². The normalized spacial score (nSPS) is 3.43. The van der Waals surface area contributed by atoms with Crippen molar-refractivity contribution in [2.24, 2.45) is 0 Å². The third-order valence-corrected chi connectivity index (χ3v) is 0. The van der Waals surface area contributed by atoms with Crippen LogP contribution >= 0.6 is 0 Å². The molecule has 40 valence electrons. The Labute approximate surface area is 95.3 Å². The van der Waals surface area contributed by atoms with E-state index >= 15 is 0 Å². The van der Waals surface area contributed by atoms with Crippen LogP contribution in [0.4, 0.5) is 4.79 Å². The minimum atomic E-state index is -1.83. The fraction of sp³-hybridized carbons (Fsp3) is 0. The molecule has 0 aliphatic rings. The first-order valence-electron chi connectivity index (χ1n) is 0.651. The Morgan fingerprint density at radius 3 is 1.29 bits per heavy atom. The Kier molecular flexibility index (Phi) is 52.5. The van der Waals surface area contributed by atoms with E-state index in [1.165, 1.54) is 0 Å². The van der Waals surface area contributed by atoms with Crippen LogP contribution in [0.5, 0.6) is 0 Å². The molecular weight excluding hydrogens is 154 g/mol. The van der Waals surface area contributed by atoms with Crippen LogP contribution in [0.1, 0.15) is 2.85 Å². The summed E-state index contributed by atoms with van der Waals surface area (Å²) in [6.07, 6.45) is -1.83. The van der Waals surface area contributed by atoms with E-state index in [2.05, 4.69) is 0 Å². The van der Waals surface area contributed by atoms with Gasteiger partial charge in [-0.15, -0.1) is 0 Å².